The van der Waals surface area contributed by atoms with E-state index in [1.165, 1.54) is 0 Å². The van der Waals surface area contributed by atoms with Crippen LogP contribution in [0.15, 0.2) is 18.2 Å². The van der Waals surface area contributed by atoms with E-state index in [0.717, 1.165) is 22.7 Å². The van der Waals surface area contributed by atoms with Crippen LogP contribution in [0, 0.1) is 0 Å². The maximum atomic E-state index is 5.85. The number of nitrogen functional groups attached to an aromatic ring is 1. The summed E-state index contributed by atoms with van der Waals surface area (Å²) in [6.07, 6.45) is 0.894. The van der Waals surface area contributed by atoms with Crippen molar-refractivity contribution >= 4 is 17.3 Å². The maximum Gasteiger partial charge on any atom is 0.0458 e. The minimum atomic E-state index is 0.766. The molecule has 1 nitrogen and oxygen atoms in total. The highest BCUT2D eigenvalue weighted by molar-refractivity contribution is 6.31. The van der Waals surface area contributed by atoms with Crippen molar-refractivity contribution in [1.29, 1.82) is 0 Å². The highest BCUT2D eigenvalue weighted by Gasteiger charge is 1.99. The van der Waals surface area contributed by atoms with Crippen molar-refractivity contribution in [3.63, 3.8) is 0 Å². The fourth-order valence-corrected chi connectivity index (χ4v) is 1.26. The zero-order chi connectivity index (χ0) is 7.56. The van der Waals surface area contributed by atoms with Gasteiger partial charge in [-0.15, -0.1) is 0 Å². The Morgan fingerprint density at radius 1 is 1.50 bits per heavy atom. The van der Waals surface area contributed by atoms with Crippen LogP contribution in [0.4, 0.5) is 5.69 Å². The van der Waals surface area contributed by atoms with Crippen LogP contribution < -0.4 is 5.73 Å². The minimum Gasteiger partial charge on any atom is -0.398 e. The van der Waals surface area contributed by atoms with Crippen LogP contribution in [0.25, 0.3) is 0 Å². The molecule has 0 unspecified atom stereocenters. The molecule has 54 valence electrons. The van der Waals surface area contributed by atoms with Crippen LogP contribution in [0.5, 0.6) is 0 Å². The Kier molecular flexibility index (Phi) is 2.17. The summed E-state index contributed by atoms with van der Waals surface area (Å²) in [6, 6.07) is 5.58. The van der Waals surface area contributed by atoms with Gasteiger partial charge in [-0.05, 0) is 24.1 Å². The summed E-state index contributed by atoms with van der Waals surface area (Å²) >= 11 is 5.85. The molecule has 0 aliphatic carbocycles. The van der Waals surface area contributed by atoms with Gasteiger partial charge in [-0.1, -0.05) is 24.6 Å². The van der Waals surface area contributed by atoms with Crippen molar-refractivity contribution in [3.05, 3.63) is 28.8 Å². The fourth-order valence-electron chi connectivity index (χ4n) is 0.948. The standard InChI is InChI=1S/C8H10ClN/c1-2-6-7(9)4-3-5-8(6)10/h3-5H,2,10H2,1H3. The summed E-state index contributed by atoms with van der Waals surface area (Å²) in [5.74, 6) is 0. The molecule has 2 heteroatoms. The molecular weight excluding hydrogens is 146 g/mol. The zero-order valence-corrected chi connectivity index (χ0v) is 6.65. The van der Waals surface area contributed by atoms with Gasteiger partial charge in [0.1, 0.15) is 0 Å². The minimum absolute atomic E-state index is 0.766. The second-order valence-corrected chi connectivity index (χ2v) is 2.57. The molecule has 0 saturated heterocycles. The molecule has 0 aliphatic rings. The number of anilines is 1. The molecule has 0 amide bonds. The molecule has 10 heavy (non-hydrogen) atoms. The van der Waals surface area contributed by atoms with Crippen LogP contribution >= 0.6 is 11.6 Å². The summed E-state index contributed by atoms with van der Waals surface area (Å²) in [7, 11) is 0. The SMILES string of the molecule is CCc1c(N)cccc1Cl. The van der Waals surface area contributed by atoms with Gasteiger partial charge in [-0.3, -0.25) is 0 Å². The van der Waals surface area contributed by atoms with Gasteiger partial charge in [0.05, 0.1) is 0 Å². The molecule has 0 heterocycles. The topological polar surface area (TPSA) is 26.0 Å². The Morgan fingerprint density at radius 3 is 2.60 bits per heavy atom. The van der Waals surface area contributed by atoms with Crippen LogP contribution in [0.3, 0.4) is 0 Å². The molecule has 0 atom stereocenters. The lowest BCUT2D eigenvalue weighted by molar-refractivity contribution is 1.14. The predicted molar refractivity (Wildman–Crippen MR) is 45.2 cm³/mol. The lowest BCUT2D eigenvalue weighted by Crippen LogP contribution is -1.92. The van der Waals surface area contributed by atoms with E-state index in [0.29, 0.717) is 0 Å². The summed E-state index contributed by atoms with van der Waals surface area (Å²) in [5, 5.41) is 0.766. The monoisotopic (exact) mass is 155 g/mol. The molecule has 0 radical (unpaired) electrons. The van der Waals surface area contributed by atoms with Gasteiger partial charge in [-0.2, -0.15) is 0 Å². The first-order valence-electron chi connectivity index (χ1n) is 3.28. The van der Waals surface area contributed by atoms with E-state index in [9.17, 15) is 0 Å². The Morgan fingerprint density at radius 2 is 2.20 bits per heavy atom. The molecule has 1 aromatic carbocycles. The summed E-state index contributed by atoms with van der Waals surface area (Å²) in [4.78, 5) is 0. The second-order valence-electron chi connectivity index (χ2n) is 2.16. The highest BCUT2D eigenvalue weighted by Crippen LogP contribution is 2.21. The van der Waals surface area contributed by atoms with E-state index in [-0.39, 0.29) is 0 Å². The first kappa shape index (κ1) is 7.42. The molecule has 0 aromatic heterocycles. The lowest BCUT2D eigenvalue weighted by atomic mass is 10.1. The van der Waals surface area contributed by atoms with Gasteiger partial charge in [0.25, 0.3) is 0 Å². The molecule has 0 saturated carbocycles. The Bertz CT molecular complexity index is 212. The van der Waals surface area contributed by atoms with Crippen molar-refractivity contribution in [2.24, 2.45) is 0 Å². The quantitative estimate of drug-likeness (QED) is 0.620. The first-order chi connectivity index (χ1) is 4.75. The third kappa shape index (κ3) is 1.24. The molecule has 1 aromatic rings. The first-order valence-corrected chi connectivity index (χ1v) is 3.66. The van der Waals surface area contributed by atoms with Crippen molar-refractivity contribution in [1.82, 2.24) is 0 Å². The Labute approximate surface area is 65.8 Å². The maximum absolute atomic E-state index is 5.85. The van der Waals surface area contributed by atoms with Crippen molar-refractivity contribution in [3.8, 4) is 0 Å². The number of nitrogens with two attached hydrogens (primary N) is 1. The highest BCUT2D eigenvalue weighted by atomic mass is 35.5. The van der Waals surface area contributed by atoms with Crippen molar-refractivity contribution in [2.45, 2.75) is 13.3 Å². The van der Waals surface area contributed by atoms with E-state index in [1.54, 1.807) is 0 Å². The van der Waals surface area contributed by atoms with Gasteiger partial charge in [-0.25, -0.2) is 0 Å². The largest absolute Gasteiger partial charge is 0.398 e. The van der Waals surface area contributed by atoms with E-state index < -0.39 is 0 Å². The van der Waals surface area contributed by atoms with Crippen molar-refractivity contribution in [2.75, 3.05) is 5.73 Å². The van der Waals surface area contributed by atoms with Crippen LogP contribution in [0.2, 0.25) is 5.02 Å². The van der Waals surface area contributed by atoms with Crippen LogP contribution in [0.1, 0.15) is 12.5 Å². The average Bonchev–Trinajstić information content (AvgIpc) is 1.88. The van der Waals surface area contributed by atoms with Gasteiger partial charge in [0.2, 0.25) is 0 Å². The average molecular weight is 156 g/mol. The molecule has 0 aliphatic heterocycles. The third-order valence-electron chi connectivity index (χ3n) is 1.51. The lowest BCUT2D eigenvalue weighted by Gasteiger charge is -2.02. The number of rotatable bonds is 1. The second kappa shape index (κ2) is 2.93. The normalized spacial score (nSPS) is 9.80. The Hall–Kier alpha value is -0.690. The van der Waals surface area contributed by atoms with Crippen LogP contribution in [-0.4, -0.2) is 0 Å². The number of hydrogen-bond donors (Lipinski definition) is 1. The molecule has 0 fully saturated rings. The van der Waals surface area contributed by atoms with Crippen LogP contribution in [-0.2, 0) is 6.42 Å². The smallest absolute Gasteiger partial charge is 0.0458 e. The molecular formula is C8H10ClN. The van der Waals surface area contributed by atoms with Gasteiger partial charge >= 0.3 is 0 Å². The molecule has 0 spiro atoms. The summed E-state index contributed by atoms with van der Waals surface area (Å²) in [5.41, 5.74) is 7.48. The van der Waals surface area contributed by atoms with E-state index in [2.05, 4.69) is 0 Å². The van der Waals surface area contributed by atoms with Crippen molar-refractivity contribution < 1.29 is 0 Å². The van der Waals surface area contributed by atoms with Gasteiger partial charge < -0.3 is 5.73 Å². The summed E-state index contributed by atoms with van der Waals surface area (Å²) in [6.45, 7) is 2.04. The van der Waals surface area contributed by atoms with E-state index in [4.69, 9.17) is 17.3 Å². The Balaban J connectivity index is 3.17. The van der Waals surface area contributed by atoms with E-state index in [1.807, 2.05) is 25.1 Å². The number of hydrogen-bond acceptors (Lipinski definition) is 1. The molecule has 1 rings (SSSR count). The molecule has 0 bridgehead atoms. The number of benzene rings is 1. The van der Waals surface area contributed by atoms with Gasteiger partial charge in [0.15, 0.2) is 0 Å². The predicted octanol–water partition coefficient (Wildman–Crippen LogP) is 2.48. The van der Waals surface area contributed by atoms with Gasteiger partial charge in [0, 0.05) is 10.7 Å². The summed E-state index contributed by atoms with van der Waals surface area (Å²) < 4.78 is 0. The number of halogens is 1. The van der Waals surface area contributed by atoms with E-state index >= 15 is 0 Å². The third-order valence-corrected chi connectivity index (χ3v) is 1.86. The zero-order valence-electron chi connectivity index (χ0n) is 5.89. The fraction of sp³-hybridized carbons (Fsp3) is 0.250. The molecule has 2 N–H and O–H groups in total.